The Morgan fingerprint density at radius 1 is 1.60 bits per heavy atom. The van der Waals surface area contributed by atoms with E-state index in [1.807, 2.05) is 4.90 Å². The first kappa shape index (κ1) is 10.9. The first-order chi connectivity index (χ1) is 7.06. The Kier molecular flexibility index (Phi) is 2.73. The van der Waals surface area contributed by atoms with E-state index in [-0.39, 0.29) is 11.9 Å². The normalized spacial score (nSPS) is 36.7. The fourth-order valence-corrected chi connectivity index (χ4v) is 3.08. The van der Waals surface area contributed by atoms with Gasteiger partial charge in [0.25, 0.3) is 0 Å². The van der Waals surface area contributed by atoms with Crippen LogP contribution in [0.2, 0.25) is 0 Å². The molecule has 1 saturated carbocycles. The van der Waals surface area contributed by atoms with Gasteiger partial charge in [-0.15, -0.1) is 0 Å². The van der Waals surface area contributed by atoms with Crippen molar-refractivity contribution in [2.75, 3.05) is 19.6 Å². The summed E-state index contributed by atoms with van der Waals surface area (Å²) in [6.45, 7) is 4.35. The van der Waals surface area contributed by atoms with Gasteiger partial charge in [0, 0.05) is 13.1 Å². The Morgan fingerprint density at radius 2 is 2.27 bits per heavy atom. The van der Waals surface area contributed by atoms with Crippen LogP contribution in [0.5, 0.6) is 0 Å². The molecule has 0 aromatic carbocycles. The molecule has 0 unspecified atom stereocenters. The SMILES string of the molecule is C[C@@H](N)C(=O)N1CCC2(CC(CN)C2)C1. The van der Waals surface area contributed by atoms with Crippen LogP contribution in [0.3, 0.4) is 0 Å². The van der Waals surface area contributed by atoms with Crippen molar-refractivity contribution in [1.29, 1.82) is 0 Å². The molecule has 0 aromatic rings. The Balaban J connectivity index is 1.88. The van der Waals surface area contributed by atoms with Gasteiger partial charge in [-0.3, -0.25) is 4.79 Å². The standard InChI is InChI=1S/C11H21N3O/c1-8(13)10(15)14-3-2-11(7-14)4-9(5-11)6-12/h8-9H,2-7,12-13H2,1H3/t8-,9?,11?/m1/s1. The first-order valence-corrected chi connectivity index (χ1v) is 5.81. The molecule has 1 atom stereocenters. The van der Waals surface area contributed by atoms with Gasteiger partial charge in [-0.2, -0.15) is 0 Å². The van der Waals surface area contributed by atoms with Crippen molar-refractivity contribution in [3.05, 3.63) is 0 Å². The highest BCUT2D eigenvalue weighted by Gasteiger charge is 2.48. The van der Waals surface area contributed by atoms with Gasteiger partial charge in [-0.1, -0.05) is 0 Å². The Hall–Kier alpha value is -0.610. The van der Waals surface area contributed by atoms with Crippen molar-refractivity contribution in [3.8, 4) is 0 Å². The van der Waals surface area contributed by atoms with Crippen molar-refractivity contribution in [3.63, 3.8) is 0 Å². The molecule has 4 heteroatoms. The van der Waals surface area contributed by atoms with Gasteiger partial charge in [0.2, 0.25) is 5.91 Å². The van der Waals surface area contributed by atoms with E-state index >= 15 is 0 Å². The van der Waals surface area contributed by atoms with E-state index in [2.05, 4.69) is 0 Å². The molecule has 2 fully saturated rings. The van der Waals surface area contributed by atoms with Gasteiger partial charge in [-0.05, 0) is 44.1 Å². The van der Waals surface area contributed by atoms with Crippen LogP contribution < -0.4 is 11.5 Å². The second kappa shape index (κ2) is 3.76. The Bertz CT molecular complexity index is 259. The minimum absolute atomic E-state index is 0.100. The molecule has 1 heterocycles. The quantitative estimate of drug-likeness (QED) is 0.671. The van der Waals surface area contributed by atoms with Crippen molar-refractivity contribution >= 4 is 5.91 Å². The zero-order valence-electron chi connectivity index (χ0n) is 9.41. The molecule has 1 saturated heterocycles. The lowest BCUT2D eigenvalue weighted by molar-refractivity contribution is -0.132. The van der Waals surface area contributed by atoms with E-state index in [9.17, 15) is 4.79 Å². The van der Waals surface area contributed by atoms with Gasteiger partial charge < -0.3 is 16.4 Å². The zero-order chi connectivity index (χ0) is 11.1. The summed E-state index contributed by atoms with van der Waals surface area (Å²) in [4.78, 5) is 13.6. The van der Waals surface area contributed by atoms with Gasteiger partial charge >= 0.3 is 0 Å². The number of likely N-dealkylation sites (tertiary alicyclic amines) is 1. The summed E-state index contributed by atoms with van der Waals surface area (Å²) in [5.74, 6) is 0.790. The summed E-state index contributed by atoms with van der Waals surface area (Å²) in [6.07, 6.45) is 3.54. The second-order valence-electron chi connectivity index (χ2n) is 5.31. The van der Waals surface area contributed by atoms with Gasteiger partial charge in [-0.25, -0.2) is 0 Å². The third-order valence-corrected chi connectivity index (χ3v) is 3.92. The predicted molar refractivity (Wildman–Crippen MR) is 59.1 cm³/mol. The van der Waals surface area contributed by atoms with Crippen LogP contribution in [0.1, 0.15) is 26.2 Å². The third kappa shape index (κ3) is 1.88. The number of hydrogen-bond donors (Lipinski definition) is 2. The highest BCUT2D eigenvalue weighted by Crippen LogP contribution is 2.51. The maximum absolute atomic E-state index is 11.7. The molecule has 2 aliphatic rings. The average molecular weight is 211 g/mol. The van der Waals surface area contributed by atoms with Gasteiger partial charge in [0.1, 0.15) is 0 Å². The van der Waals surface area contributed by atoms with E-state index in [0.717, 1.165) is 26.1 Å². The largest absolute Gasteiger partial charge is 0.341 e. The number of carbonyl (C=O) groups is 1. The van der Waals surface area contributed by atoms with Crippen LogP contribution in [0, 0.1) is 11.3 Å². The smallest absolute Gasteiger partial charge is 0.239 e. The summed E-state index contributed by atoms with van der Waals surface area (Å²) in [6, 6.07) is -0.356. The van der Waals surface area contributed by atoms with Crippen LogP contribution in [0.25, 0.3) is 0 Å². The van der Waals surface area contributed by atoms with E-state index in [4.69, 9.17) is 11.5 Å². The lowest BCUT2D eigenvalue weighted by Crippen LogP contribution is -2.46. The number of hydrogen-bond acceptors (Lipinski definition) is 3. The summed E-state index contributed by atoms with van der Waals surface area (Å²) >= 11 is 0. The molecule has 4 nitrogen and oxygen atoms in total. The Labute approximate surface area is 91.0 Å². The zero-order valence-corrected chi connectivity index (χ0v) is 9.41. The van der Waals surface area contributed by atoms with E-state index in [1.165, 1.54) is 12.8 Å². The number of nitrogens with zero attached hydrogens (tertiary/aromatic N) is 1. The fourth-order valence-electron chi connectivity index (χ4n) is 3.08. The maximum Gasteiger partial charge on any atom is 0.239 e. The summed E-state index contributed by atoms with van der Waals surface area (Å²) in [5.41, 5.74) is 11.6. The van der Waals surface area contributed by atoms with E-state index < -0.39 is 0 Å². The van der Waals surface area contributed by atoms with Gasteiger partial charge in [0.15, 0.2) is 0 Å². The maximum atomic E-state index is 11.7. The van der Waals surface area contributed by atoms with Crippen molar-refractivity contribution in [1.82, 2.24) is 4.90 Å². The lowest BCUT2D eigenvalue weighted by Gasteiger charge is -2.44. The molecule has 2 rings (SSSR count). The number of amides is 1. The predicted octanol–water partition coefficient (Wildman–Crippen LogP) is -0.0790. The van der Waals surface area contributed by atoms with E-state index in [1.54, 1.807) is 6.92 Å². The molecule has 1 spiro atoms. The van der Waals surface area contributed by atoms with Crippen molar-refractivity contribution < 1.29 is 4.79 Å². The highest BCUT2D eigenvalue weighted by molar-refractivity contribution is 5.81. The summed E-state index contributed by atoms with van der Waals surface area (Å²) in [5, 5.41) is 0. The first-order valence-electron chi connectivity index (χ1n) is 5.81. The molecule has 0 aromatic heterocycles. The molecule has 0 radical (unpaired) electrons. The summed E-state index contributed by atoms with van der Waals surface area (Å²) < 4.78 is 0. The molecular formula is C11H21N3O. The topological polar surface area (TPSA) is 72.4 Å². The number of rotatable bonds is 2. The molecule has 1 aliphatic carbocycles. The molecule has 1 amide bonds. The molecule has 1 aliphatic heterocycles. The third-order valence-electron chi connectivity index (χ3n) is 3.92. The van der Waals surface area contributed by atoms with Crippen LogP contribution in [-0.4, -0.2) is 36.5 Å². The molecule has 4 N–H and O–H groups in total. The van der Waals surface area contributed by atoms with Gasteiger partial charge in [0.05, 0.1) is 6.04 Å². The molecular weight excluding hydrogens is 190 g/mol. The van der Waals surface area contributed by atoms with Crippen molar-refractivity contribution in [2.24, 2.45) is 22.8 Å². The molecule has 0 bridgehead atoms. The summed E-state index contributed by atoms with van der Waals surface area (Å²) in [7, 11) is 0. The lowest BCUT2D eigenvalue weighted by atomic mass is 9.61. The number of carbonyl (C=O) groups excluding carboxylic acids is 1. The minimum Gasteiger partial charge on any atom is -0.341 e. The molecule has 15 heavy (non-hydrogen) atoms. The second-order valence-corrected chi connectivity index (χ2v) is 5.31. The monoisotopic (exact) mass is 211 g/mol. The van der Waals surface area contributed by atoms with Crippen LogP contribution >= 0.6 is 0 Å². The highest BCUT2D eigenvalue weighted by atomic mass is 16.2. The average Bonchev–Trinajstić information content (AvgIpc) is 2.58. The Morgan fingerprint density at radius 3 is 2.80 bits per heavy atom. The number of nitrogens with two attached hydrogens (primary N) is 2. The van der Waals surface area contributed by atoms with Crippen LogP contribution in [-0.2, 0) is 4.79 Å². The van der Waals surface area contributed by atoms with Crippen LogP contribution in [0.15, 0.2) is 0 Å². The molecule has 86 valence electrons. The van der Waals surface area contributed by atoms with Crippen LogP contribution in [0.4, 0.5) is 0 Å². The fraction of sp³-hybridized carbons (Fsp3) is 0.909. The van der Waals surface area contributed by atoms with E-state index in [0.29, 0.717) is 11.3 Å². The minimum atomic E-state index is -0.356. The van der Waals surface area contributed by atoms with Crippen molar-refractivity contribution in [2.45, 2.75) is 32.2 Å².